The molecular weight excluding hydrogens is 973 g/mol. The molecule has 0 aliphatic heterocycles. The van der Waals surface area contributed by atoms with Crippen molar-refractivity contribution in [1.29, 1.82) is 0 Å². The van der Waals surface area contributed by atoms with E-state index in [1.165, 1.54) is 0 Å². The molecule has 0 aromatic heterocycles. The molecule has 6 aromatic rings. The number of carboxylic acids is 4. The van der Waals surface area contributed by atoms with Crippen molar-refractivity contribution >= 4 is 35.0 Å². The van der Waals surface area contributed by atoms with Crippen LogP contribution in [0.3, 0.4) is 0 Å². The number of ether oxygens (including phenoxy) is 4. The largest absolute Gasteiger partial charge is 0.494 e. The van der Waals surface area contributed by atoms with Gasteiger partial charge in [0, 0.05) is 26.1 Å². The van der Waals surface area contributed by atoms with Crippen molar-refractivity contribution in [2.24, 2.45) is 0 Å². The second-order valence-electron chi connectivity index (χ2n) is 18.9. The molecule has 0 bridgehead atoms. The van der Waals surface area contributed by atoms with Gasteiger partial charge in [0.1, 0.15) is 11.5 Å². The number of carbonyl (C=O) groups is 4. The van der Waals surface area contributed by atoms with E-state index in [-0.39, 0.29) is 11.1 Å². The van der Waals surface area contributed by atoms with Gasteiger partial charge < -0.3 is 39.4 Å². The van der Waals surface area contributed by atoms with E-state index in [0.29, 0.717) is 39.3 Å². The van der Waals surface area contributed by atoms with Gasteiger partial charge in [-0.2, -0.15) is 0 Å². The molecule has 12 heteroatoms. The Morgan fingerprint density at radius 2 is 0.675 bits per heavy atom. The van der Waals surface area contributed by atoms with Gasteiger partial charge in [0.2, 0.25) is 0 Å². The summed E-state index contributed by atoms with van der Waals surface area (Å²) in [6, 6.07) is 48.9. The van der Waals surface area contributed by atoms with Crippen LogP contribution >= 0.6 is 0 Å². The molecule has 8 rings (SSSR count). The van der Waals surface area contributed by atoms with Crippen molar-refractivity contribution in [2.75, 3.05) is 26.4 Å². The van der Waals surface area contributed by atoms with Crippen LogP contribution in [0.2, 0.25) is 0 Å². The van der Waals surface area contributed by atoms with Gasteiger partial charge in [0.05, 0.1) is 24.3 Å². The third kappa shape index (κ3) is 16.6. The second-order valence-corrected chi connectivity index (χ2v) is 18.9. The van der Waals surface area contributed by atoms with Crippen molar-refractivity contribution in [1.82, 2.24) is 0 Å². The number of aromatic carboxylic acids is 2. The highest BCUT2D eigenvalue weighted by atomic mass is 16.5. The van der Waals surface area contributed by atoms with Crippen LogP contribution in [-0.4, -0.2) is 81.9 Å². The van der Waals surface area contributed by atoms with Gasteiger partial charge in [-0.3, -0.25) is 0 Å². The molecule has 0 radical (unpaired) electrons. The first-order chi connectivity index (χ1) is 37.4. The Morgan fingerprint density at radius 1 is 0.364 bits per heavy atom. The summed E-state index contributed by atoms with van der Waals surface area (Å²) in [6.07, 6.45) is 19.9. The second kappa shape index (κ2) is 28.5. The van der Waals surface area contributed by atoms with Gasteiger partial charge in [-0.15, -0.1) is 0 Å². The molecule has 0 amide bonds. The van der Waals surface area contributed by atoms with Crippen LogP contribution in [0.5, 0.6) is 11.5 Å². The number of aliphatic carboxylic acids is 2. The van der Waals surface area contributed by atoms with Gasteiger partial charge >= 0.3 is 23.9 Å². The lowest BCUT2D eigenvalue weighted by atomic mass is 9.89. The number of allylic oxidation sites excluding steroid dienone is 4. The Labute approximate surface area is 450 Å². The summed E-state index contributed by atoms with van der Waals surface area (Å²) in [4.78, 5) is 45.9. The summed E-state index contributed by atoms with van der Waals surface area (Å²) in [6.45, 7) is 2.03. The molecule has 2 atom stereocenters. The lowest BCUT2D eigenvalue weighted by molar-refractivity contribution is -0.160. The summed E-state index contributed by atoms with van der Waals surface area (Å²) in [5.41, 5.74) is 6.01. The zero-order valence-corrected chi connectivity index (χ0v) is 43.1. The minimum Gasteiger partial charge on any atom is -0.494 e. The SMILES string of the molecule is O=C(O)c1ccc(-c2ccc(OCCCCCCCOC3(C(=O)O)C=CC(c4ccccc4)=CC3)cc2)cc1.O=C(O)c1ccc(-c2ccc(OCCCCCCOC3(C(=O)O)C=CC(c4ccccc4)=CC3)cc2)cc1. The topological polar surface area (TPSA) is 186 Å². The maximum absolute atomic E-state index is 12.0. The van der Waals surface area contributed by atoms with Gasteiger partial charge in [0.15, 0.2) is 11.2 Å². The van der Waals surface area contributed by atoms with E-state index in [4.69, 9.17) is 29.2 Å². The van der Waals surface area contributed by atoms with E-state index in [0.717, 1.165) is 114 Å². The minimum absolute atomic E-state index is 0.266. The quantitative estimate of drug-likeness (QED) is 0.0358. The highest BCUT2D eigenvalue weighted by Crippen LogP contribution is 2.32. The molecule has 2 aliphatic carbocycles. The fraction of sp³-hybridized carbons (Fsp3) is 0.262. The van der Waals surface area contributed by atoms with Crippen LogP contribution in [0.1, 0.15) is 102 Å². The third-order valence-corrected chi connectivity index (χ3v) is 13.5. The Kier molecular flexibility index (Phi) is 20.9. The molecular formula is C65H66O12. The van der Waals surface area contributed by atoms with Gasteiger partial charge in [-0.05, 0) is 137 Å². The molecule has 0 saturated carbocycles. The summed E-state index contributed by atoms with van der Waals surface area (Å²) < 4.78 is 23.4. The van der Waals surface area contributed by atoms with E-state index in [1.54, 1.807) is 60.7 Å². The molecule has 77 heavy (non-hydrogen) atoms. The van der Waals surface area contributed by atoms with Crippen molar-refractivity contribution in [3.8, 4) is 33.8 Å². The van der Waals surface area contributed by atoms with Crippen LogP contribution in [0.15, 0.2) is 194 Å². The van der Waals surface area contributed by atoms with Gasteiger partial charge in [-0.25, -0.2) is 19.2 Å². The smallest absolute Gasteiger partial charge is 0.340 e. The first-order valence-corrected chi connectivity index (χ1v) is 26.2. The maximum Gasteiger partial charge on any atom is 0.340 e. The van der Waals surface area contributed by atoms with E-state index in [9.17, 15) is 29.4 Å². The van der Waals surface area contributed by atoms with Crippen LogP contribution < -0.4 is 9.47 Å². The first-order valence-electron chi connectivity index (χ1n) is 26.2. The van der Waals surface area contributed by atoms with Gasteiger partial charge in [0.25, 0.3) is 0 Å². The third-order valence-electron chi connectivity index (χ3n) is 13.5. The number of hydrogen-bond acceptors (Lipinski definition) is 8. The number of rotatable bonds is 27. The average molecular weight is 1040 g/mol. The highest BCUT2D eigenvalue weighted by molar-refractivity contribution is 5.89. The van der Waals surface area contributed by atoms with Crippen LogP contribution in [0, 0.1) is 0 Å². The lowest BCUT2D eigenvalue weighted by Crippen LogP contribution is -2.40. The van der Waals surface area contributed by atoms with Crippen LogP contribution in [0.4, 0.5) is 0 Å². The summed E-state index contributed by atoms with van der Waals surface area (Å²) >= 11 is 0. The molecule has 0 fully saturated rings. The standard InChI is InChI=1S/C33H34O6.C32H32O6/c34-31(35)29-13-11-26(12-14-29)27-15-17-30(18-16-27)38-23-7-2-1-3-8-24-39-33(32(36)37)21-19-28(20-22-33)25-9-5-4-6-10-25;33-30(34)28-12-10-25(11-13-28)26-14-16-29(17-15-26)37-22-6-1-2-7-23-38-32(31(35)36)20-18-27(19-21-32)24-8-4-3-5-9-24/h4-6,9-21H,1-3,7-8,22-24H2,(H,34,35)(H,36,37);3-5,8-20H,1-2,6-7,21-23H2,(H,33,34)(H,35,36). The molecule has 0 spiro atoms. The van der Waals surface area contributed by atoms with E-state index in [1.807, 2.05) is 133 Å². The van der Waals surface area contributed by atoms with E-state index >= 15 is 0 Å². The van der Waals surface area contributed by atoms with Crippen molar-refractivity contribution in [2.45, 2.75) is 81.8 Å². The van der Waals surface area contributed by atoms with Gasteiger partial charge in [-0.1, -0.05) is 159 Å². The van der Waals surface area contributed by atoms with Crippen molar-refractivity contribution in [3.63, 3.8) is 0 Å². The summed E-state index contributed by atoms with van der Waals surface area (Å²) in [5.74, 6) is -2.20. The fourth-order valence-corrected chi connectivity index (χ4v) is 8.87. The normalized spacial score (nSPS) is 16.5. The Morgan fingerprint density at radius 3 is 0.974 bits per heavy atom. The monoisotopic (exact) mass is 1040 g/mol. The van der Waals surface area contributed by atoms with Crippen LogP contribution in [-0.2, 0) is 19.1 Å². The van der Waals surface area contributed by atoms with Crippen molar-refractivity contribution < 1.29 is 58.6 Å². The van der Waals surface area contributed by atoms with Crippen molar-refractivity contribution in [3.05, 3.63) is 216 Å². The molecule has 398 valence electrons. The predicted molar refractivity (Wildman–Crippen MR) is 299 cm³/mol. The molecule has 12 nitrogen and oxygen atoms in total. The summed E-state index contributed by atoms with van der Waals surface area (Å²) in [5, 5.41) is 37.6. The zero-order chi connectivity index (χ0) is 54.3. The highest BCUT2D eigenvalue weighted by Gasteiger charge is 2.39. The molecule has 0 heterocycles. The Bertz CT molecular complexity index is 2980. The number of benzene rings is 6. The molecule has 2 unspecified atom stereocenters. The molecule has 6 aromatic carbocycles. The lowest BCUT2D eigenvalue weighted by Gasteiger charge is -2.28. The minimum atomic E-state index is -1.30. The summed E-state index contributed by atoms with van der Waals surface area (Å²) in [7, 11) is 0. The van der Waals surface area contributed by atoms with E-state index in [2.05, 4.69) is 0 Å². The van der Waals surface area contributed by atoms with Crippen LogP contribution in [0.25, 0.3) is 33.4 Å². The van der Waals surface area contributed by atoms with E-state index < -0.39 is 35.1 Å². The maximum atomic E-state index is 12.0. The number of hydrogen-bond donors (Lipinski definition) is 4. The number of carboxylic acid groups (broad SMARTS) is 4. The molecule has 4 N–H and O–H groups in total. The number of unbranched alkanes of at least 4 members (excludes halogenated alkanes) is 7. The Balaban J connectivity index is 0.000000224. The predicted octanol–water partition coefficient (Wildman–Crippen LogP) is 14.1. The fourth-order valence-electron chi connectivity index (χ4n) is 8.87. The molecule has 2 aliphatic rings. The Hall–Kier alpha value is -8.32. The zero-order valence-electron chi connectivity index (χ0n) is 43.1. The first kappa shape index (κ1) is 56.4. The molecule has 0 saturated heterocycles. The average Bonchev–Trinajstić information content (AvgIpc) is 3.47.